The molecule has 10 heteroatoms. The van der Waals surface area contributed by atoms with Crippen molar-refractivity contribution >= 4 is 22.4 Å². The van der Waals surface area contributed by atoms with E-state index in [2.05, 4.69) is 11.1 Å². The highest BCUT2D eigenvalue weighted by Gasteiger charge is 2.31. The number of morpholine rings is 1. The van der Waals surface area contributed by atoms with E-state index in [1.807, 2.05) is 4.90 Å². The van der Waals surface area contributed by atoms with Crippen LogP contribution in [0.15, 0.2) is 48.5 Å². The zero-order chi connectivity index (χ0) is 22.2. The molecule has 31 heavy (non-hydrogen) atoms. The van der Waals surface area contributed by atoms with Crippen molar-refractivity contribution in [2.24, 2.45) is 0 Å². The number of hydrogen-bond donors (Lipinski definition) is 0. The van der Waals surface area contributed by atoms with E-state index in [-0.39, 0.29) is 11.3 Å². The lowest BCUT2D eigenvalue weighted by atomic mass is 10.0. The summed E-state index contributed by atoms with van der Waals surface area (Å²) in [6.45, 7) is 1.14. The van der Waals surface area contributed by atoms with Crippen molar-refractivity contribution in [1.82, 2.24) is 4.98 Å². The Balaban J connectivity index is 1.63. The maximum absolute atomic E-state index is 12.8. The van der Waals surface area contributed by atoms with Gasteiger partial charge in [-0.15, -0.1) is 0 Å². The van der Waals surface area contributed by atoms with Crippen LogP contribution in [0.5, 0.6) is 0 Å². The predicted molar refractivity (Wildman–Crippen MR) is 105 cm³/mol. The number of pyridine rings is 1. The van der Waals surface area contributed by atoms with Crippen LogP contribution in [0.3, 0.4) is 0 Å². The molecule has 0 amide bonds. The van der Waals surface area contributed by atoms with Crippen molar-refractivity contribution in [3.63, 3.8) is 0 Å². The summed E-state index contributed by atoms with van der Waals surface area (Å²) in [4.78, 5) is 16.9. The lowest BCUT2D eigenvalue weighted by molar-refractivity contribution is -0.384. The molecule has 1 aliphatic rings. The minimum Gasteiger partial charge on any atom is -0.370 e. The number of ether oxygens (including phenoxy) is 1. The van der Waals surface area contributed by atoms with Crippen molar-refractivity contribution in [3.8, 4) is 6.07 Å². The normalized spacial score (nSPS) is 16.8. The second-order valence-corrected chi connectivity index (χ2v) is 7.02. The highest BCUT2D eigenvalue weighted by atomic mass is 19.4. The molecule has 158 valence electrons. The third-order valence-electron chi connectivity index (χ3n) is 5.11. The van der Waals surface area contributed by atoms with Crippen molar-refractivity contribution in [2.75, 3.05) is 24.6 Å². The number of nitro groups is 1. The minimum atomic E-state index is -4.41. The van der Waals surface area contributed by atoms with Crippen LogP contribution in [0.1, 0.15) is 22.8 Å². The van der Waals surface area contributed by atoms with E-state index in [4.69, 9.17) is 4.74 Å². The SMILES string of the molecule is N#Cc1cc(N2CCOC(c3ccc(C(F)(F)F)cc3)C2)nc2ccc([N+](=O)[O-])cc12. The molecule has 1 unspecified atom stereocenters. The maximum atomic E-state index is 12.8. The van der Waals surface area contributed by atoms with Crippen LogP contribution in [0.2, 0.25) is 0 Å². The first-order valence-electron chi connectivity index (χ1n) is 9.29. The first kappa shape index (κ1) is 20.6. The third-order valence-corrected chi connectivity index (χ3v) is 5.11. The summed E-state index contributed by atoms with van der Waals surface area (Å²) >= 11 is 0. The van der Waals surface area contributed by atoms with Gasteiger partial charge in [-0.1, -0.05) is 12.1 Å². The molecule has 2 heterocycles. The van der Waals surface area contributed by atoms with Crippen molar-refractivity contribution < 1.29 is 22.8 Å². The molecular weight excluding hydrogens is 413 g/mol. The van der Waals surface area contributed by atoms with Gasteiger partial charge in [0.15, 0.2) is 0 Å². The Bertz CT molecular complexity index is 1190. The van der Waals surface area contributed by atoms with E-state index in [1.165, 1.54) is 30.3 Å². The van der Waals surface area contributed by atoms with Crippen LogP contribution in [0.25, 0.3) is 10.9 Å². The van der Waals surface area contributed by atoms with Gasteiger partial charge in [-0.3, -0.25) is 10.1 Å². The van der Waals surface area contributed by atoms with Crippen molar-refractivity contribution in [2.45, 2.75) is 12.3 Å². The highest BCUT2D eigenvalue weighted by molar-refractivity contribution is 5.88. The Kier molecular flexibility index (Phi) is 5.20. The Morgan fingerprint density at radius 3 is 2.58 bits per heavy atom. The quantitative estimate of drug-likeness (QED) is 0.447. The van der Waals surface area contributed by atoms with E-state index >= 15 is 0 Å². The molecule has 1 fully saturated rings. The van der Waals surface area contributed by atoms with Gasteiger partial charge in [0.25, 0.3) is 5.69 Å². The van der Waals surface area contributed by atoms with Gasteiger partial charge < -0.3 is 9.64 Å². The molecule has 0 N–H and O–H groups in total. The minimum absolute atomic E-state index is 0.132. The van der Waals surface area contributed by atoms with Crippen LogP contribution in [0.4, 0.5) is 24.7 Å². The van der Waals surface area contributed by atoms with Crippen LogP contribution >= 0.6 is 0 Å². The summed E-state index contributed by atoms with van der Waals surface area (Å²) in [5, 5.41) is 20.9. The van der Waals surface area contributed by atoms with Gasteiger partial charge in [0, 0.05) is 30.6 Å². The van der Waals surface area contributed by atoms with Gasteiger partial charge in [-0.2, -0.15) is 18.4 Å². The number of nitrogens with zero attached hydrogens (tertiary/aromatic N) is 4. The largest absolute Gasteiger partial charge is 0.416 e. The lowest BCUT2D eigenvalue weighted by Gasteiger charge is -2.34. The molecular formula is C21H15F3N4O3. The number of nitriles is 1. The molecule has 3 aromatic rings. The van der Waals surface area contributed by atoms with Gasteiger partial charge in [-0.25, -0.2) is 4.98 Å². The Morgan fingerprint density at radius 1 is 1.19 bits per heavy atom. The van der Waals surface area contributed by atoms with E-state index in [0.717, 1.165) is 12.1 Å². The summed E-state index contributed by atoms with van der Waals surface area (Å²) in [5.41, 5.74) is 0.438. The number of rotatable bonds is 3. The second kappa shape index (κ2) is 7.85. The van der Waals surface area contributed by atoms with E-state index in [0.29, 0.717) is 42.0 Å². The molecule has 0 radical (unpaired) electrons. The maximum Gasteiger partial charge on any atom is 0.416 e. The molecule has 4 rings (SSSR count). The van der Waals surface area contributed by atoms with Crippen LogP contribution in [0, 0.1) is 21.4 Å². The fraction of sp³-hybridized carbons (Fsp3) is 0.238. The molecule has 1 atom stereocenters. The predicted octanol–water partition coefficient (Wildman–Crippen LogP) is 4.61. The number of anilines is 1. The van der Waals surface area contributed by atoms with Crippen LogP contribution in [-0.2, 0) is 10.9 Å². The molecule has 1 aromatic heterocycles. The molecule has 2 aromatic carbocycles. The Hall–Kier alpha value is -3.71. The molecule has 0 aliphatic carbocycles. The standard InChI is InChI=1S/C21H15F3N4O3/c22-21(23,24)15-3-1-13(2-4-15)19-12-27(7-8-31-19)20-9-14(11-25)17-10-16(28(29)30)5-6-18(17)26-20/h1-6,9-10,19H,7-8,12H2. The topological polar surface area (TPSA) is 92.3 Å². The van der Waals surface area contributed by atoms with Gasteiger partial charge in [0.2, 0.25) is 0 Å². The third kappa shape index (κ3) is 4.13. The number of benzene rings is 2. The summed E-state index contributed by atoms with van der Waals surface area (Å²) in [7, 11) is 0. The summed E-state index contributed by atoms with van der Waals surface area (Å²) in [6, 6.07) is 12.6. The smallest absolute Gasteiger partial charge is 0.370 e. The first-order chi connectivity index (χ1) is 14.8. The van der Waals surface area contributed by atoms with Crippen molar-refractivity contribution in [3.05, 3.63) is 75.3 Å². The number of halogens is 3. The molecule has 7 nitrogen and oxygen atoms in total. The summed E-state index contributed by atoms with van der Waals surface area (Å²) in [5.74, 6) is 0.498. The zero-order valence-electron chi connectivity index (χ0n) is 16.0. The first-order valence-corrected chi connectivity index (χ1v) is 9.29. The summed E-state index contributed by atoms with van der Waals surface area (Å²) < 4.78 is 44.1. The van der Waals surface area contributed by atoms with Gasteiger partial charge in [-0.05, 0) is 29.8 Å². The number of hydrogen-bond acceptors (Lipinski definition) is 6. The Morgan fingerprint density at radius 2 is 1.94 bits per heavy atom. The fourth-order valence-corrected chi connectivity index (χ4v) is 3.51. The van der Waals surface area contributed by atoms with Crippen molar-refractivity contribution in [1.29, 1.82) is 5.26 Å². The van der Waals surface area contributed by atoms with E-state index < -0.39 is 22.8 Å². The fourth-order valence-electron chi connectivity index (χ4n) is 3.51. The average Bonchev–Trinajstić information content (AvgIpc) is 2.77. The number of non-ortho nitro benzene ring substituents is 1. The molecule has 1 aliphatic heterocycles. The zero-order valence-corrected chi connectivity index (χ0v) is 16.0. The molecule has 0 saturated carbocycles. The van der Waals surface area contributed by atoms with E-state index in [1.54, 1.807) is 6.07 Å². The highest BCUT2D eigenvalue weighted by Crippen LogP contribution is 2.32. The second-order valence-electron chi connectivity index (χ2n) is 7.02. The van der Waals surface area contributed by atoms with Gasteiger partial charge in [0.05, 0.1) is 34.2 Å². The lowest BCUT2D eigenvalue weighted by Crippen LogP contribution is -2.38. The average molecular weight is 428 g/mol. The monoisotopic (exact) mass is 428 g/mol. The van der Waals surface area contributed by atoms with Crippen LogP contribution in [-0.4, -0.2) is 29.6 Å². The van der Waals surface area contributed by atoms with Crippen LogP contribution < -0.4 is 4.90 Å². The number of alkyl halides is 3. The molecule has 0 spiro atoms. The Labute approximate surface area is 174 Å². The number of fused-ring (bicyclic) bond motifs is 1. The van der Waals surface area contributed by atoms with E-state index in [9.17, 15) is 28.5 Å². The molecule has 1 saturated heterocycles. The molecule has 0 bridgehead atoms. The number of aromatic nitrogens is 1. The number of nitro benzene ring substituents is 1. The van der Waals surface area contributed by atoms with Gasteiger partial charge in [0.1, 0.15) is 11.9 Å². The van der Waals surface area contributed by atoms with Gasteiger partial charge >= 0.3 is 6.18 Å². The summed E-state index contributed by atoms with van der Waals surface area (Å²) in [6.07, 6.45) is -4.87.